The summed E-state index contributed by atoms with van der Waals surface area (Å²) in [6, 6.07) is 3.38. The predicted octanol–water partition coefficient (Wildman–Crippen LogP) is 1.95. The Balaban J connectivity index is 2.56. The Morgan fingerprint density at radius 3 is 2.67 bits per heavy atom. The van der Waals surface area contributed by atoms with Crippen molar-refractivity contribution in [2.75, 3.05) is 20.0 Å². The van der Waals surface area contributed by atoms with Crippen LogP contribution in [-0.4, -0.2) is 24.4 Å². The molecule has 1 aromatic carbocycles. The third kappa shape index (κ3) is 2.02. The minimum Gasteiger partial charge on any atom is -0.493 e. The lowest BCUT2D eigenvalue weighted by Gasteiger charge is -2.11. The number of methoxy groups -OCH3 is 2. The van der Waals surface area contributed by atoms with Gasteiger partial charge in [-0.15, -0.1) is 0 Å². The number of halogens is 1. The zero-order chi connectivity index (χ0) is 13.1. The van der Waals surface area contributed by atoms with Gasteiger partial charge in [-0.1, -0.05) is 6.07 Å². The Morgan fingerprint density at radius 2 is 2.11 bits per heavy atom. The van der Waals surface area contributed by atoms with Crippen molar-refractivity contribution >= 4 is 5.82 Å². The largest absolute Gasteiger partial charge is 0.493 e. The molecule has 2 rings (SSSR count). The van der Waals surface area contributed by atoms with E-state index in [1.54, 1.807) is 12.1 Å². The Hall–Kier alpha value is -2.08. The second kappa shape index (κ2) is 5.05. The molecule has 2 aromatic rings. The van der Waals surface area contributed by atoms with Gasteiger partial charge in [-0.3, -0.25) is 5.10 Å². The molecule has 18 heavy (non-hydrogen) atoms. The van der Waals surface area contributed by atoms with Crippen LogP contribution in [0, 0.1) is 5.82 Å². The first kappa shape index (κ1) is 12.4. The topological polar surface area (TPSA) is 73.2 Å². The molecule has 6 heteroatoms. The number of anilines is 1. The molecule has 1 heterocycles. The molecule has 0 bridgehead atoms. The van der Waals surface area contributed by atoms with E-state index in [9.17, 15) is 4.39 Å². The standard InChI is InChI=1S/C12H14FN3O2/c1-17-6-7-3-4-8(11(18-2)10(7)13)9-5-15-16-12(9)14/h3-5H,6H2,1-2H3,(H3,14,15,16). The van der Waals surface area contributed by atoms with Crippen LogP contribution in [0.15, 0.2) is 18.3 Å². The molecular weight excluding hydrogens is 237 g/mol. The molecule has 0 unspecified atom stereocenters. The molecule has 0 aliphatic rings. The molecule has 0 spiro atoms. The van der Waals surface area contributed by atoms with Crippen LogP contribution >= 0.6 is 0 Å². The van der Waals surface area contributed by atoms with E-state index < -0.39 is 5.82 Å². The SMILES string of the molecule is COCc1ccc(-c2cn[nH]c2N)c(OC)c1F. The summed E-state index contributed by atoms with van der Waals surface area (Å²) in [7, 11) is 2.92. The maximum atomic E-state index is 14.2. The summed E-state index contributed by atoms with van der Waals surface area (Å²) in [5.74, 6) is 0.0577. The van der Waals surface area contributed by atoms with Gasteiger partial charge in [0.05, 0.1) is 19.9 Å². The fourth-order valence-electron chi connectivity index (χ4n) is 1.79. The zero-order valence-electron chi connectivity index (χ0n) is 10.2. The van der Waals surface area contributed by atoms with Gasteiger partial charge in [0.25, 0.3) is 0 Å². The normalized spacial score (nSPS) is 10.6. The smallest absolute Gasteiger partial charge is 0.171 e. The van der Waals surface area contributed by atoms with Crippen LogP contribution in [-0.2, 0) is 11.3 Å². The number of ether oxygens (including phenoxy) is 2. The number of nitrogens with zero attached hydrogens (tertiary/aromatic N) is 1. The van der Waals surface area contributed by atoms with Gasteiger partial charge in [0.1, 0.15) is 5.82 Å². The van der Waals surface area contributed by atoms with Gasteiger partial charge in [-0.2, -0.15) is 5.10 Å². The number of nitrogen functional groups attached to an aromatic ring is 1. The van der Waals surface area contributed by atoms with Gasteiger partial charge in [0.2, 0.25) is 0 Å². The van der Waals surface area contributed by atoms with E-state index in [0.717, 1.165) is 0 Å². The van der Waals surface area contributed by atoms with Gasteiger partial charge in [-0.05, 0) is 6.07 Å². The summed E-state index contributed by atoms with van der Waals surface area (Å²) >= 11 is 0. The monoisotopic (exact) mass is 251 g/mol. The van der Waals surface area contributed by atoms with Crippen LogP contribution in [0.3, 0.4) is 0 Å². The van der Waals surface area contributed by atoms with Crippen molar-refractivity contribution in [2.45, 2.75) is 6.61 Å². The molecule has 5 nitrogen and oxygen atoms in total. The summed E-state index contributed by atoms with van der Waals surface area (Å²) in [6.07, 6.45) is 1.53. The van der Waals surface area contributed by atoms with Crippen molar-refractivity contribution in [3.8, 4) is 16.9 Å². The van der Waals surface area contributed by atoms with Gasteiger partial charge in [0.15, 0.2) is 11.6 Å². The lowest BCUT2D eigenvalue weighted by molar-refractivity contribution is 0.180. The molecule has 0 atom stereocenters. The van der Waals surface area contributed by atoms with Gasteiger partial charge < -0.3 is 15.2 Å². The number of hydrogen-bond donors (Lipinski definition) is 2. The highest BCUT2D eigenvalue weighted by Crippen LogP contribution is 2.36. The van der Waals surface area contributed by atoms with Crippen molar-refractivity contribution in [2.24, 2.45) is 0 Å². The fraction of sp³-hybridized carbons (Fsp3) is 0.250. The summed E-state index contributed by atoms with van der Waals surface area (Å²) in [5.41, 5.74) is 7.32. The minimum absolute atomic E-state index is 0.137. The van der Waals surface area contributed by atoms with Crippen molar-refractivity contribution in [1.29, 1.82) is 0 Å². The van der Waals surface area contributed by atoms with Crippen LogP contribution in [0.4, 0.5) is 10.2 Å². The first-order valence-electron chi connectivity index (χ1n) is 5.32. The van der Waals surface area contributed by atoms with Crippen LogP contribution < -0.4 is 10.5 Å². The maximum absolute atomic E-state index is 14.2. The highest BCUT2D eigenvalue weighted by molar-refractivity contribution is 5.78. The molecule has 0 saturated heterocycles. The predicted molar refractivity (Wildman–Crippen MR) is 65.7 cm³/mol. The third-order valence-electron chi connectivity index (χ3n) is 2.64. The number of benzene rings is 1. The number of nitrogens with one attached hydrogen (secondary N) is 1. The highest BCUT2D eigenvalue weighted by Gasteiger charge is 2.17. The highest BCUT2D eigenvalue weighted by atomic mass is 19.1. The molecule has 0 radical (unpaired) electrons. The van der Waals surface area contributed by atoms with Crippen LogP contribution in [0.1, 0.15) is 5.56 Å². The molecule has 0 aliphatic carbocycles. The summed E-state index contributed by atoms with van der Waals surface area (Å²) in [5, 5.41) is 6.41. The number of rotatable bonds is 4. The summed E-state index contributed by atoms with van der Waals surface area (Å²) in [6.45, 7) is 0.184. The molecule has 96 valence electrons. The second-order valence-corrected chi connectivity index (χ2v) is 3.75. The van der Waals surface area contributed by atoms with E-state index >= 15 is 0 Å². The van der Waals surface area contributed by atoms with E-state index in [1.807, 2.05) is 0 Å². The number of nitrogens with two attached hydrogens (primary N) is 1. The molecule has 0 amide bonds. The van der Waals surface area contributed by atoms with Crippen LogP contribution in [0.25, 0.3) is 11.1 Å². The number of aromatic nitrogens is 2. The number of aromatic amines is 1. The zero-order valence-corrected chi connectivity index (χ0v) is 10.2. The minimum atomic E-state index is -0.447. The molecule has 3 N–H and O–H groups in total. The molecular formula is C12H14FN3O2. The fourth-order valence-corrected chi connectivity index (χ4v) is 1.79. The van der Waals surface area contributed by atoms with Gasteiger partial charge in [0, 0.05) is 23.8 Å². The Bertz CT molecular complexity index is 554. The van der Waals surface area contributed by atoms with Crippen molar-refractivity contribution < 1.29 is 13.9 Å². The first-order valence-corrected chi connectivity index (χ1v) is 5.32. The Kier molecular flexibility index (Phi) is 3.47. The molecule has 1 aromatic heterocycles. The molecule has 0 fully saturated rings. The summed E-state index contributed by atoms with van der Waals surface area (Å²) < 4.78 is 24.2. The third-order valence-corrected chi connectivity index (χ3v) is 2.64. The van der Waals surface area contributed by atoms with Crippen molar-refractivity contribution in [1.82, 2.24) is 10.2 Å². The van der Waals surface area contributed by atoms with E-state index in [4.69, 9.17) is 15.2 Å². The second-order valence-electron chi connectivity index (χ2n) is 3.75. The van der Waals surface area contributed by atoms with E-state index in [0.29, 0.717) is 22.5 Å². The lowest BCUT2D eigenvalue weighted by atomic mass is 10.0. The average molecular weight is 251 g/mol. The lowest BCUT2D eigenvalue weighted by Crippen LogP contribution is -1.99. The van der Waals surface area contributed by atoms with Crippen molar-refractivity contribution in [3.63, 3.8) is 0 Å². The van der Waals surface area contributed by atoms with E-state index in [-0.39, 0.29) is 12.4 Å². The maximum Gasteiger partial charge on any atom is 0.171 e. The van der Waals surface area contributed by atoms with Crippen molar-refractivity contribution in [3.05, 3.63) is 29.7 Å². The number of H-pyrrole nitrogens is 1. The number of hydrogen-bond acceptors (Lipinski definition) is 4. The van der Waals surface area contributed by atoms with Gasteiger partial charge in [-0.25, -0.2) is 4.39 Å². The first-order chi connectivity index (χ1) is 8.69. The Morgan fingerprint density at radius 1 is 1.33 bits per heavy atom. The van der Waals surface area contributed by atoms with Crippen LogP contribution in [0.2, 0.25) is 0 Å². The van der Waals surface area contributed by atoms with Crippen LogP contribution in [0.5, 0.6) is 5.75 Å². The van der Waals surface area contributed by atoms with Gasteiger partial charge >= 0.3 is 0 Å². The molecule has 0 saturated carbocycles. The summed E-state index contributed by atoms with van der Waals surface area (Å²) in [4.78, 5) is 0. The average Bonchev–Trinajstić information content (AvgIpc) is 2.78. The van der Waals surface area contributed by atoms with E-state index in [1.165, 1.54) is 20.4 Å². The Labute approximate surface area is 104 Å². The molecule has 0 aliphatic heterocycles. The quantitative estimate of drug-likeness (QED) is 0.871. The van der Waals surface area contributed by atoms with E-state index in [2.05, 4.69) is 10.2 Å².